The lowest BCUT2D eigenvalue weighted by Crippen LogP contribution is -2.28. The number of amides is 1. The summed E-state index contributed by atoms with van der Waals surface area (Å²) in [5.74, 6) is -0.0834. The van der Waals surface area contributed by atoms with Gasteiger partial charge in [0.2, 0.25) is 5.91 Å². The molecule has 2 aromatic rings. The highest BCUT2D eigenvalue weighted by atomic mass is 35.5. The summed E-state index contributed by atoms with van der Waals surface area (Å²) in [5.41, 5.74) is 1.85. The Morgan fingerprint density at radius 1 is 1.48 bits per heavy atom. The number of nitrogens with one attached hydrogen (secondary N) is 1. The third-order valence-electron chi connectivity index (χ3n) is 3.27. The smallest absolute Gasteiger partial charge is 0.307 e. The highest BCUT2D eigenvalue weighted by Crippen LogP contribution is 2.17. The van der Waals surface area contributed by atoms with Gasteiger partial charge < -0.3 is 9.88 Å². The van der Waals surface area contributed by atoms with E-state index in [4.69, 9.17) is 11.6 Å². The summed E-state index contributed by atoms with van der Waals surface area (Å²) < 4.78 is 1.62. The number of halogens is 1. The zero-order valence-corrected chi connectivity index (χ0v) is 13.5. The van der Waals surface area contributed by atoms with Crippen molar-refractivity contribution in [2.45, 2.75) is 32.9 Å². The Balaban J connectivity index is 1.91. The molecule has 1 heterocycles. The van der Waals surface area contributed by atoms with Crippen molar-refractivity contribution in [2.24, 2.45) is 0 Å². The van der Waals surface area contributed by atoms with E-state index >= 15 is 0 Å². The maximum Gasteiger partial charge on any atom is 0.307 e. The molecule has 0 fully saturated rings. The van der Waals surface area contributed by atoms with Crippen LogP contribution in [0.25, 0.3) is 0 Å². The van der Waals surface area contributed by atoms with Crippen LogP contribution < -0.4 is 10.2 Å². The van der Waals surface area contributed by atoms with Gasteiger partial charge in [-0.15, -0.1) is 0 Å². The molecule has 0 saturated carbocycles. The van der Waals surface area contributed by atoms with Gasteiger partial charge in [0.25, 0.3) is 0 Å². The molecule has 0 aliphatic heterocycles. The van der Waals surface area contributed by atoms with Crippen LogP contribution >= 0.6 is 22.9 Å². The highest BCUT2D eigenvalue weighted by molar-refractivity contribution is 7.07. The van der Waals surface area contributed by atoms with Crippen LogP contribution in [0.15, 0.2) is 34.4 Å². The molecule has 4 nitrogen and oxygen atoms in total. The molecule has 1 amide bonds. The van der Waals surface area contributed by atoms with Gasteiger partial charge in [-0.1, -0.05) is 35.1 Å². The maximum absolute atomic E-state index is 12.0. The second kappa shape index (κ2) is 6.91. The van der Waals surface area contributed by atoms with E-state index in [0.29, 0.717) is 11.6 Å². The summed E-state index contributed by atoms with van der Waals surface area (Å²) in [6, 6.07) is 7.29. The van der Waals surface area contributed by atoms with E-state index in [9.17, 15) is 9.59 Å². The molecule has 112 valence electrons. The molecule has 2 rings (SSSR count). The van der Waals surface area contributed by atoms with Crippen molar-refractivity contribution < 1.29 is 4.79 Å². The number of carbonyl (C=O) groups excluding carboxylic acids is 1. The number of nitrogens with zero attached hydrogens (tertiary/aromatic N) is 1. The third kappa shape index (κ3) is 4.19. The predicted molar refractivity (Wildman–Crippen MR) is 85.9 cm³/mol. The van der Waals surface area contributed by atoms with Crippen LogP contribution in [0.3, 0.4) is 0 Å². The van der Waals surface area contributed by atoms with Crippen molar-refractivity contribution in [1.29, 1.82) is 0 Å². The zero-order valence-electron chi connectivity index (χ0n) is 11.9. The van der Waals surface area contributed by atoms with Crippen molar-refractivity contribution in [3.63, 3.8) is 0 Å². The van der Waals surface area contributed by atoms with Crippen LogP contribution in [0.4, 0.5) is 0 Å². The van der Waals surface area contributed by atoms with Crippen LogP contribution in [0.1, 0.15) is 30.6 Å². The first-order chi connectivity index (χ1) is 9.97. The lowest BCUT2D eigenvalue weighted by atomic mass is 10.1. The number of hydrogen-bond donors (Lipinski definition) is 1. The fourth-order valence-corrected chi connectivity index (χ4v) is 3.02. The van der Waals surface area contributed by atoms with E-state index in [-0.39, 0.29) is 23.2 Å². The molecule has 0 bridgehead atoms. The van der Waals surface area contributed by atoms with Gasteiger partial charge in [0.1, 0.15) is 0 Å². The van der Waals surface area contributed by atoms with E-state index < -0.39 is 0 Å². The lowest BCUT2D eigenvalue weighted by molar-refractivity contribution is -0.121. The van der Waals surface area contributed by atoms with Crippen molar-refractivity contribution in [3.8, 4) is 0 Å². The van der Waals surface area contributed by atoms with E-state index in [1.54, 1.807) is 16.0 Å². The third-order valence-corrected chi connectivity index (χ3v) is 4.38. The highest BCUT2D eigenvalue weighted by Gasteiger charge is 2.11. The maximum atomic E-state index is 12.0. The van der Waals surface area contributed by atoms with E-state index in [2.05, 4.69) is 5.32 Å². The molecule has 0 aliphatic carbocycles. The van der Waals surface area contributed by atoms with Gasteiger partial charge in [-0.3, -0.25) is 9.59 Å². The second-order valence-corrected chi connectivity index (χ2v) is 6.15. The number of aryl methyl sites for hydroxylation is 1. The molecule has 0 aliphatic rings. The molecule has 1 aromatic carbocycles. The average Bonchev–Trinajstić information content (AvgIpc) is 2.76. The predicted octanol–water partition coefficient (Wildman–Crippen LogP) is 3.14. The first kappa shape index (κ1) is 15.8. The molecular weight excluding hydrogens is 308 g/mol. The standard InChI is InChI=1S/C15H17ClN2O2S/c1-10-9-21-15(20)18(10)7-6-14(19)17-11(2)12-4-3-5-13(16)8-12/h3-5,8-9,11H,6-7H2,1-2H3,(H,17,19). The van der Waals surface area contributed by atoms with Crippen LogP contribution in [0.2, 0.25) is 5.02 Å². The Morgan fingerprint density at radius 3 is 2.86 bits per heavy atom. The first-order valence-electron chi connectivity index (χ1n) is 6.67. The summed E-state index contributed by atoms with van der Waals surface area (Å²) in [7, 11) is 0. The quantitative estimate of drug-likeness (QED) is 0.918. The summed E-state index contributed by atoms with van der Waals surface area (Å²) in [5, 5.41) is 5.36. The number of hydrogen-bond acceptors (Lipinski definition) is 3. The molecule has 1 atom stereocenters. The lowest BCUT2D eigenvalue weighted by Gasteiger charge is -2.15. The van der Waals surface area contributed by atoms with E-state index in [0.717, 1.165) is 22.6 Å². The molecule has 1 aromatic heterocycles. The Hall–Kier alpha value is -1.59. The van der Waals surface area contributed by atoms with Crippen LogP contribution in [-0.4, -0.2) is 10.5 Å². The number of benzene rings is 1. The minimum absolute atomic E-state index is 0.0248. The summed E-state index contributed by atoms with van der Waals surface area (Å²) >= 11 is 7.10. The number of aromatic nitrogens is 1. The van der Waals surface area contributed by atoms with Gasteiger partial charge in [0.05, 0.1) is 6.04 Å². The molecule has 0 saturated heterocycles. The fourth-order valence-electron chi connectivity index (χ4n) is 2.06. The Bertz CT molecular complexity index is 693. The molecule has 0 spiro atoms. The second-order valence-electron chi connectivity index (χ2n) is 4.89. The average molecular weight is 325 g/mol. The zero-order chi connectivity index (χ0) is 15.4. The minimum atomic E-state index is -0.114. The first-order valence-corrected chi connectivity index (χ1v) is 7.93. The summed E-state index contributed by atoms with van der Waals surface area (Å²) in [6.07, 6.45) is 0.280. The van der Waals surface area contributed by atoms with E-state index in [1.165, 1.54) is 0 Å². The van der Waals surface area contributed by atoms with E-state index in [1.807, 2.05) is 32.0 Å². The van der Waals surface area contributed by atoms with Gasteiger partial charge in [0, 0.05) is 29.1 Å². The summed E-state index contributed by atoms with van der Waals surface area (Å²) in [6.45, 7) is 4.18. The van der Waals surface area contributed by atoms with Crippen molar-refractivity contribution in [2.75, 3.05) is 0 Å². The number of carbonyl (C=O) groups is 1. The minimum Gasteiger partial charge on any atom is -0.350 e. The van der Waals surface area contributed by atoms with Gasteiger partial charge in [-0.25, -0.2) is 0 Å². The van der Waals surface area contributed by atoms with Gasteiger partial charge in [0.15, 0.2) is 0 Å². The Kier molecular flexibility index (Phi) is 5.20. The van der Waals surface area contributed by atoms with Gasteiger partial charge in [-0.05, 0) is 31.5 Å². The SMILES string of the molecule is Cc1csc(=O)n1CCC(=O)NC(C)c1cccc(Cl)c1. The molecular formula is C15H17ClN2O2S. The van der Waals surface area contributed by atoms with Crippen molar-refractivity contribution in [3.05, 3.63) is 55.6 Å². The normalized spacial score (nSPS) is 12.1. The van der Waals surface area contributed by atoms with Crippen LogP contribution in [-0.2, 0) is 11.3 Å². The summed E-state index contributed by atoms with van der Waals surface area (Å²) in [4.78, 5) is 23.5. The van der Waals surface area contributed by atoms with Crippen molar-refractivity contribution in [1.82, 2.24) is 9.88 Å². The Labute approximate surface area is 132 Å². The molecule has 0 radical (unpaired) electrons. The molecule has 6 heteroatoms. The monoisotopic (exact) mass is 324 g/mol. The van der Waals surface area contributed by atoms with Crippen LogP contribution in [0.5, 0.6) is 0 Å². The fraction of sp³-hybridized carbons (Fsp3) is 0.333. The molecule has 1 unspecified atom stereocenters. The largest absolute Gasteiger partial charge is 0.350 e. The van der Waals surface area contributed by atoms with Crippen LogP contribution in [0, 0.1) is 6.92 Å². The van der Waals surface area contributed by atoms with Gasteiger partial charge in [-0.2, -0.15) is 0 Å². The molecule has 1 N–H and O–H groups in total. The number of rotatable bonds is 5. The topological polar surface area (TPSA) is 51.1 Å². The number of thiazole rings is 1. The molecule has 21 heavy (non-hydrogen) atoms. The van der Waals surface area contributed by atoms with Crippen molar-refractivity contribution >= 4 is 28.8 Å². The Morgan fingerprint density at radius 2 is 2.24 bits per heavy atom. The van der Waals surface area contributed by atoms with Gasteiger partial charge >= 0.3 is 4.87 Å².